The minimum absolute atomic E-state index is 0. The lowest BCUT2D eigenvalue weighted by Gasteiger charge is -2.31. The molecule has 3 N–H and O–H groups in total. The number of amides is 1. The predicted octanol–water partition coefficient (Wildman–Crippen LogP) is 6.78. The van der Waals surface area contributed by atoms with E-state index < -0.39 is 46.9 Å². The van der Waals surface area contributed by atoms with Crippen LogP contribution < -0.4 is 11.1 Å². The number of hydrogen-bond donors (Lipinski definition) is 2. The van der Waals surface area contributed by atoms with E-state index in [0.717, 1.165) is 0 Å². The normalized spacial score (nSPS) is 28.2. The fourth-order valence-electron chi connectivity index (χ4n) is 5.70. The number of carbonyl (C=O) groups excluding carboxylic acids is 1. The second-order valence-corrected chi connectivity index (χ2v) is 10.5. The van der Waals surface area contributed by atoms with Gasteiger partial charge in [0.25, 0.3) is 0 Å². The summed E-state index contributed by atoms with van der Waals surface area (Å²) in [5.41, 5.74) is 2.72. The van der Waals surface area contributed by atoms with E-state index in [1.165, 1.54) is 19.1 Å². The third kappa shape index (κ3) is 6.52. The second-order valence-electron chi connectivity index (χ2n) is 10.5. The second kappa shape index (κ2) is 11.2. The Hall–Kier alpha value is -2.37. The van der Waals surface area contributed by atoms with Crippen molar-refractivity contribution >= 4 is 18.3 Å². The zero-order chi connectivity index (χ0) is 28.0. The van der Waals surface area contributed by atoms with Crippen LogP contribution in [0.1, 0.15) is 67.4 Å². The molecule has 2 aromatic carbocycles. The summed E-state index contributed by atoms with van der Waals surface area (Å²) < 4.78 is 100. The molecule has 2 aromatic rings. The van der Waals surface area contributed by atoms with E-state index in [4.69, 9.17) is 10.5 Å². The van der Waals surface area contributed by atoms with Crippen LogP contribution in [0.3, 0.4) is 0 Å². The van der Waals surface area contributed by atoms with Crippen LogP contribution in [0.15, 0.2) is 42.5 Å². The minimum Gasteiger partial charge on any atom is -0.370 e. The lowest BCUT2D eigenvalue weighted by Crippen LogP contribution is -2.37. The molecule has 0 spiro atoms. The van der Waals surface area contributed by atoms with Crippen molar-refractivity contribution in [2.75, 3.05) is 6.54 Å². The number of rotatable bonds is 6. The first-order valence-corrected chi connectivity index (χ1v) is 12.3. The molecule has 1 saturated carbocycles. The lowest BCUT2D eigenvalue weighted by atomic mass is 9.78. The first kappa shape index (κ1) is 31.2. The molecule has 12 heteroatoms. The van der Waals surface area contributed by atoms with E-state index >= 15 is 0 Å². The van der Waals surface area contributed by atoms with Crippen molar-refractivity contribution < 1.29 is 40.3 Å². The largest absolute Gasteiger partial charge is 0.416 e. The molecular formula is C27H30ClF7N2O2. The molecule has 0 unspecified atom stereocenters. The standard InChI is InChI=1S/C27H29F7N2O2.ClH/c1-14(16-9-17(26(29,30)31)11-18(10-16)27(32,33)34)38-22-8-7-20(21-12-25(2,13-35)24(37)36-21)23(22)15-3-5-19(28)6-4-15;/h3-6,9-11,14,20-23H,7-8,12-13,35H2,1-2H3,(H,36,37);1H/t14-,20+,21-,22+,23+,25-;/m1./s1. The number of halogens is 8. The van der Waals surface area contributed by atoms with E-state index in [-0.39, 0.29) is 54.4 Å². The van der Waals surface area contributed by atoms with E-state index in [1.54, 1.807) is 19.1 Å². The maximum absolute atomic E-state index is 13.7. The molecule has 0 radical (unpaired) electrons. The minimum atomic E-state index is -4.97. The number of hydrogen-bond acceptors (Lipinski definition) is 3. The summed E-state index contributed by atoms with van der Waals surface area (Å²) in [6, 6.07) is 6.90. The zero-order valence-electron chi connectivity index (χ0n) is 21.2. The molecule has 216 valence electrons. The Kier molecular flexibility index (Phi) is 8.99. The van der Waals surface area contributed by atoms with Gasteiger partial charge in [-0.3, -0.25) is 4.79 Å². The SMILES string of the molecule is C[C@@H](O[C@H]1CC[C@@H]([C@H]2C[C@](C)(CN)C(=O)N2)[C@@H]1c1ccc(F)cc1)c1cc(C(F)(F)F)cc(C(F)(F)F)c1.Cl. The Morgan fingerprint density at radius 2 is 1.59 bits per heavy atom. The topological polar surface area (TPSA) is 64.3 Å². The fourth-order valence-corrected chi connectivity index (χ4v) is 5.70. The van der Waals surface area contributed by atoms with Crippen LogP contribution in [0, 0.1) is 17.2 Å². The summed E-state index contributed by atoms with van der Waals surface area (Å²) in [6.45, 7) is 3.33. The molecule has 1 aliphatic carbocycles. The highest BCUT2D eigenvalue weighted by Gasteiger charge is 2.50. The Balaban J connectivity index is 0.00000420. The van der Waals surface area contributed by atoms with Gasteiger partial charge in [0.15, 0.2) is 0 Å². The highest BCUT2D eigenvalue weighted by atomic mass is 35.5. The summed E-state index contributed by atoms with van der Waals surface area (Å²) in [7, 11) is 0. The molecule has 1 aliphatic heterocycles. The average Bonchev–Trinajstić information content (AvgIpc) is 3.39. The van der Waals surface area contributed by atoms with Crippen LogP contribution in [-0.2, 0) is 21.9 Å². The molecule has 4 rings (SSSR count). The van der Waals surface area contributed by atoms with Crippen molar-refractivity contribution in [3.63, 3.8) is 0 Å². The van der Waals surface area contributed by atoms with Crippen LogP contribution in [0.25, 0.3) is 0 Å². The molecule has 2 aliphatic rings. The number of nitrogens with two attached hydrogens (primary N) is 1. The maximum Gasteiger partial charge on any atom is 0.416 e. The molecule has 0 bridgehead atoms. The van der Waals surface area contributed by atoms with Gasteiger partial charge in [0.1, 0.15) is 5.82 Å². The number of carbonyl (C=O) groups is 1. The van der Waals surface area contributed by atoms with Gasteiger partial charge < -0.3 is 15.8 Å². The molecule has 6 atom stereocenters. The molecule has 1 saturated heterocycles. The third-order valence-corrected chi connectivity index (χ3v) is 7.86. The Bertz CT molecular complexity index is 1140. The first-order valence-electron chi connectivity index (χ1n) is 12.3. The predicted molar refractivity (Wildman–Crippen MR) is 133 cm³/mol. The molecule has 4 nitrogen and oxygen atoms in total. The maximum atomic E-state index is 13.7. The molecule has 0 aromatic heterocycles. The van der Waals surface area contributed by atoms with Crippen LogP contribution in [0.4, 0.5) is 30.7 Å². The van der Waals surface area contributed by atoms with Crippen LogP contribution in [0.5, 0.6) is 0 Å². The Labute approximate surface area is 227 Å². The molecular weight excluding hydrogens is 553 g/mol. The zero-order valence-corrected chi connectivity index (χ0v) is 22.0. The first-order chi connectivity index (χ1) is 17.6. The molecule has 2 fully saturated rings. The van der Waals surface area contributed by atoms with Crippen molar-refractivity contribution in [3.8, 4) is 0 Å². The summed E-state index contributed by atoms with van der Waals surface area (Å²) in [5.74, 6) is -1.16. The van der Waals surface area contributed by atoms with Crippen molar-refractivity contribution in [2.24, 2.45) is 17.1 Å². The summed E-state index contributed by atoms with van der Waals surface area (Å²) in [5, 5.41) is 3.00. The highest BCUT2D eigenvalue weighted by molar-refractivity contribution is 5.85. The van der Waals surface area contributed by atoms with Crippen LogP contribution >= 0.6 is 12.4 Å². The summed E-state index contributed by atoms with van der Waals surface area (Å²) in [4.78, 5) is 12.6. The summed E-state index contributed by atoms with van der Waals surface area (Å²) in [6.07, 6.45) is -10.1. The van der Waals surface area contributed by atoms with Gasteiger partial charge in [-0.1, -0.05) is 12.1 Å². The van der Waals surface area contributed by atoms with Gasteiger partial charge in [-0.15, -0.1) is 12.4 Å². The van der Waals surface area contributed by atoms with E-state index in [2.05, 4.69) is 5.32 Å². The van der Waals surface area contributed by atoms with Gasteiger partial charge in [0.05, 0.1) is 28.7 Å². The summed E-state index contributed by atoms with van der Waals surface area (Å²) >= 11 is 0. The number of ether oxygens (including phenoxy) is 1. The quantitative estimate of drug-likeness (QED) is 0.369. The van der Waals surface area contributed by atoms with Crippen molar-refractivity contribution in [2.45, 2.75) is 69.6 Å². The van der Waals surface area contributed by atoms with Gasteiger partial charge in [-0.25, -0.2) is 4.39 Å². The van der Waals surface area contributed by atoms with Crippen LogP contribution in [0.2, 0.25) is 0 Å². The molecule has 1 amide bonds. The monoisotopic (exact) mass is 582 g/mol. The average molecular weight is 583 g/mol. The van der Waals surface area contributed by atoms with E-state index in [0.29, 0.717) is 37.0 Å². The molecule has 1 heterocycles. The Morgan fingerprint density at radius 1 is 1.03 bits per heavy atom. The Morgan fingerprint density at radius 3 is 2.08 bits per heavy atom. The van der Waals surface area contributed by atoms with Crippen molar-refractivity contribution in [1.82, 2.24) is 5.32 Å². The molecule has 39 heavy (non-hydrogen) atoms. The number of alkyl halides is 6. The van der Waals surface area contributed by atoms with Crippen molar-refractivity contribution in [3.05, 3.63) is 70.5 Å². The number of nitrogens with one attached hydrogen (secondary N) is 1. The van der Waals surface area contributed by atoms with Crippen molar-refractivity contribution in [1.29, 1.82) is 0 Å². The van der Waals surface area contributed by atoms with Gasteiger partial charge >= 0.3 is 12.4 Å². The van der Waals surface area contributed by atoms with Gasteiger partial charge in [0, 0.05) is 18.5 Å². The fraction of sp³-hybridized carbons (Fsp3) is 0.519. The van der Waals surface area contributed by atoms with Crippen LogP contribution in [-0.4, -0.2) is 24.6 Å². The van der Waals surface area contributed by atoms with Gasteiger partial charge in [-0.2, -0.15) is 26.3 Å². The lowest BCUT2D eigenvalue weighted by molar-refractivity contribution is -0.143. The van der Waals surface area contributed by atoms with Gasteiger partial charge in [0.2, 0.25) is 5.91 Å². The third-order valence-electron chi connectivity index (χ3n) is 7.86. The highest BCUT2D eigenvalue weighted by Crippen LogP contribution is 2.48. The van der Waals surface area contributed by atoms with E-state index in [9.17, 15) is 35.5 Å². The van der Waals surface area contributed by atoms with E-state index in [1.807, 2.05) is 0 Å². The smallest absolute Gasteiger partial charge is 0.370 e. The number of benzene rings is 2. The van der Waals surface area contributed by atoms with Gasteiger partial charge in [-0.05, 0) is 80.5 Å².